The molecular formula is C19H30N2O3S. The van der Waals surface area contributed by atoms with Gasteiger partial charge in [-0.15, -0.1) is 0 Å². The maximum Gasteiger partial charge on any atom is 0.221 e. The molecule has 0 saturated carbocycles. The number of sulfone groups is 1. The van der Waals surface area contributed by atoms with Gasteiger partial charge in [0.1, 0.15) is 0 Å². The first kappa shape index (κ1) is 19.9. The predicted octanol–water partition coefficient (Wildman–Crippen LogP) is 2.54. The van der Waals surface area contributed by atoms with E-state index in [-0.39, 0.29) is 23.0 Å². The molecule has 1 aromatic rings. The van der Waals surface area contributed by atoms with Gasteiger partial charge in [-0.1, -0.05) is 24.1 Å². The average molecular weight is 367 g/mol. The number of rotatable bonds is 8. The van der Waals surface area contributed by atoms with E-state index in [1.54, 1.807) is 24.3 Å². The van der Waals surface area contributed by atoms with E-state index in [2.05, 4.69) is 17.1 Å². The molecule has 1 saturated heterocycles. The number of nitrogens with one attached hydrogen (secondary N) is 1. The molecular weight excluding hydrogens is 336 g/mol. The van der Waals surface area contributed by atoms with Gasteiger partial charge in [0, 0.05) is 25.6 Å². The molecule has 0 radical (unpaired) electrons. The van der Waals surface area contributed by atoms with Crippen LogP contribution in [-0.2, 0) is 14.6 Å². The lowest BCUT2D eigenvalue weighted by atomic mass is 10.0. The lowest BCUT2D eigenvalue weighted by Gasteiger charge is -2.33. The minimum absolute atomic E-state index is 0.0102. The van der Waals surface area contributed by atoms with Crippen molar-refractivity contribution in [2.75, 3.05) is 25.4 Å². The Balaban J connectivity index is 1.67. The number of aryl methyl sites for hydroxylation is 1. The van der Waals surface area contributed by atoms with Crippen LogP contribution in [0.5, 0.6) is 0 Å². The molecule has 0 unspecified atom stereocenters. The van der Waals surface area contributed by atoms with Crippen LogP contribution in [0.25, 0.3) is 0 Å². The molecule has 1 heterocycles. The van der Waals surface area contributed by atoms with Crippen LogP contribution >= 0.6 is 0 Å². The van der Waals surface area contributed by atoms with Gasteiger partial charge in [0.2, 0.25) is 5.91 Å². The number of carbonyl (C=O) groups is 1. The van der Waals surface area contributed by atoms with Gasteiger partial charge in [-0.25, -0.2) is 8.42 Å². The Bertz CT molecular complexity index is 656. The zero-order chi connectivity index (χ0) is 18.3. The van der Waals surface area contributed by atoms with Gasteiger partial charge in [0.05, 0.1) is 10.6 Å². The zero-order valence-electron chi connectivity index (χ0n) is 15.3. The number of piperidine rings is 1. The third-order valence-corrected chi connectivity index (χ3v) is 6.59. The molecule has 25 heavy (non-hydrogen) atoms. The van der Waals surface area contributed by atoms with E-state index in [0.717, 1.165) is 25.1 Å². The maximum absolute atomic E-state index is 12.2. The molecule has 0 aromatic heterocycles. The van der Waals surface area contributed by atoms with Gasteiger partial charge in [-0.2, -0.15) is 0 Å². The van der Waals surface area contributed by atoms with E-state index in [1.807, 2.05) is 6.92 Å². The molecule has 1 aliphatic heterocycles. The van der Waals surface area contributed by atoms with Crippen molar-refractivity contribution in [3.05, 3.63) is 29.8 Å². The largest absolute Gasteiger partial charge is 0.356 e. The summed E-state index contributed by atoms with van der Waals surface area (Å²) in [6.45, 7) is 6.90. The number of carbonyl (C=O) groups excluding carboxylic acids is 1. The van der Waals surface area contributed by atoms with Gasteiger partial charge in [-0.3, -0.25) is 4.79 Å². The van der Waals surface area contributed by atoms with E-state index in [1.165, 1.54) is 19.3 Å². The van der Waals surface area contributed by atoms with Gasteiger partial charge in [0.15, 0.2) is 9.84 Å². The Kier molecular flexibility index (Phi) is 7.44. The highest BCUT2D eigenvalue weighted by atomic mass is 32.2. The van der Waals surface area contributed by atoms with Crippen LogP contribution in [-0.4, -0.2) is 50.7 Å². The first-order valence-corrected chi connectivity index (χ1v) is 10.8. The van der Waals surface area contributed by atoms with Gasteiger partial charge >= 0.3 is 0 Å². The van der Waals surface area contributed by atoms with Crippen molar-refractivity contribution in [1.29, 1.82) is 0 Å². The third-order valence-electron chi connectivity index (χ3n) is 4.86. The van der Waals surface area contributed by atoms with Crippen LogP contribution in [0.2, 0.25) is 0 Å². The summed E-state index contributed by atoms with van der Waals surface area (Å²) in [4.78, 5) is 14.7. The highest BCUT2D eigenvalue weighted by molar-refractivity contribution is 7.91. The standard InChI is InChI=1S/C19H30N2O3S/c1-16-7-9-18(10-8-16)25(23,24)15-11-19(22)20-12-5-14-21-13-4-3-6-17(21)2/h7-10,17H,3-6,11-15H2,1-2H3,(H,20,22)/t17-/m1/s1. The second-order valence-corrected chi connectivity index (χ2v) is 9.08. The number of benzene rings is 1. The van der Waals surface area contributed by atoms with Crippen molar-refractivity contribution in [2.24, 2.45) is 0 Å². The summed E-state index contributed by atoms with van der Waals surface area (Å²) in [5, 5.41) is 2.84. The molecule has 1 aromatic carbocycles. The average Bonchev–Trinajstić information content (AvgIpc) is 2.59. The Hall–Kier alpha value is -1.40. The molecule has 0 bridgehead atoms. The monoisotopic (exact) mass is 366 g/mol. The molecule has 140 valence electrons. The normalized spacial score (nSPS) is 18.9. The summed E-state index contributed by atoms with van der Waals surface area (Å²) in [7, 11) is -3.40. The summed E-state index contributed by atoms with van der Waals surface area (Å²) in [6, 6.07) is 7.37. The SMILES string of the molecule is Cc1ccc(S(=O)(=O)CCC(=O)NCCCN2CCCC[C@H]2C)cc1. The van der Waals surface area contributed by atoms with E-state index in [4.69, 9.17) is 0 Å². The Morgan fingerprint density at radius 3 is 2.64 bits per heavy atom. The van der Waals surface area contributed by atoms with E-state index < -0.39 is 9.84 Å². The maximum atomic E-state index is 12.2. The summed E-state index contributed by atoms with van der Waals surface area (Å²) >= 11 is 0. The summed E-state index contributed by atoms with van der Waals surface area (Å²) in [5.74, 6) is -0.340. The second-order valence-electron chi connectivity index (χ2n) is 6.97. The third kappa shape index (κ3) is 6.44. The minimum atomic E-state index is -3.40. The number of nitrogens with zero attached hydrogens (tertiary/aromatic N) is 1. The van der Waals surface area contributed by atoms with Crippen LogP contribution < -0.4 is 5.32 Å². The van der Waals surface area contributed by atoms with Crippen LogP contribution in [0, 0.1) is 6.92 Å². The molecule has 6 heteroatoms. The molecule has 1 N–H and O–H groups in total. The van der Waals surface area contributed by atoms with Crippen LogP contribution in [0.1, 0.15) is 44.6 Å². The number of amides is 1. The zero-order valence-corrected chi connectivity index (χ0v) is 16.1. The fraction of sp³-hybridized carbons (Fsp3) is 0.632. The molecule has 1 atom stereocenters. The van der Waals surface area contributed by atoms with Crippen molar-refractivity contribution < 1.29 is 13.2 Å². The summed E-state index contributed by atoms with van der Waals surface area (Å²) < 4.78 is 24.5. The highest BCUT2D eigenvalue weighted by Crippen LogP contribution is 2.16. The molecule has 1 aliphatic rings. The van der Waals surface area contributed by atoms with E-state index >= 15 is 0 Å². The molecule has 5 nitrogen and oxygen atoms in total. The summed E-state index contributed by atoms with van der Waals surface area (Å²) in [6.07, 6.45) is 4.73. The molecule has 1 fully saturated rings. The van der Waals surface area contributed by atoms with Crippen molar-refractivity contribution in [3.8, 4) is 0 Å². The fourth-order valence-corrected chi connectivity index (χ4v) is 4.42. The van der Waals surface area contributed by atoms with Gasteiger partial charge in [-0.05, 0) is 51.8 Å². The van der Waals surface area contributed by atoms with Crippen LogP contribution in [0.4, 0.5) is 0 Å². The quantitative estimate of drug-likeness (QED) is 0.718. The minimum Gasteiger partial charge on any atom is -0.356 e. The van der Waals surface area contributed by atoms with E-state index in [9.17, 15) is 13.2 Å². The predicted molar refractivity (Wildman–Crippen MR) is 100 cm³/mol. The fourth-order valence-electron chi connectivity index (χ4n) is 3.18. The van der Waals surface area contributed by atoms with Crippen molar-refractivity contribution in [1.82, 2.24) is 10.2 Å². The van der Waals surface area contributed by atoms with Crippen LogP contribution in [0.3, 0.4) is 0 Å². The van der Waals surface area contributed by atoms with E-state index in [0.29, 0.717) is 12.6 Å². The van der Waals surface area contributed by atoms with Crippen molar-refractivity contribution in [2.45, 2.75) is 56.9 Å². The molecule has 0 aliphatic carbocycles. The van der Waals surface area contributed by atoms with Gasteiger partial charge < -0.3 is 10.2 Å². The smallest absolute Gasteiger partial charge is 0.221 e. The number of hydrogen-bond acceptors (Lipinski definition) is 4. The lowest BCUT2D eigenvalue weighted by molar-refractivity contribution is -0.120. The highest BCUT2D eigenvalue weighted by Gasteiger charge is 2.18. The Morgan fingerprint density at radius 1 is 1.24 bits per heavy atom. The van der Waals surface area contributed by atoms with Crippen molar-refractivity contribution >= 4 is 15.7 Å². The van der Waals surface area contributed by atoms with Crippen molar-refractivity contribution in [3.63, 3.8) is 0 Å². The topological polar surface area (TPSA) is 66.5 Å². The first-order valence-electron chi connectivity index (χ1n) is 9.18. The molecule has 0 spiro atoms. The Morgan fingerprint density at radius 2 is 1.96 bits per heavy atom. The van der Waals surface area contributed by atoms with Crippen LogP contribution in [0.15, 0.2) is 29.2 Å². The number of likely N-dealkylation sites (tertiary alicyclic amines) is 1. The summed E-state index contributed by atoms with van der Waals surface area (Å²) in [5.41, 5.74) is 1.01. The molecule has 2 rings (SSSR count). The number of hydrogen-bond donors (Lipinski definition) is 1. The Labute approximate surface area is 151 Å². The first-order chi connectivity index (χ1) is 11.9. The second kappa shape index (κ2) is 9.34. The lowest BCUT2D eigenvalue weighted by Crippen LogP contribution is -2.39. The van der Waals surface area contributed by atoms with Gasteiger partial charge in [0.25, 0.3) is 0 Å². The molecule has 1 amide bonds.